The lowest BCUT2D eigenvalue weighted by Crippen LogP contribution is -2.53. The molecule has 2 aromatic rings. The zero-order valence-corrected chi connectivity index (χ0v) is 14.5. The summed E-state index contributed by atoms with van der Waals surface area (Å²) in [4.78, 5) is 16.5. The second-order valence-corrected chi connectivity index (χ2v) is 6.12. The summed E-state index contributed by atoms with van der Waals surface area (Å²) in [6.07, 6.45) is -0.773. The topological polar surface area (TPSA) is 56.6 Å². The minimum atomic E-state index is -1.88. The van der Waals surface area contributed by atoms with Gasteiger partial charge in [0.15, 0.2) is 6.23 Å². The number of nitriles is 1. The van der Waals surface area contributed by atoms with E-state index < -0.39 is 18.2 Å². The quantitative estimate of drug-likeness (QED) is 0.865. The van der Waals surface area contributed by atoms with Crippen LogP contribution in [0.15, 0.2) is 54.6 Å². The molecule has 5 heteroatoms. The molecule has 1 amide bonds. The van der Waals surface area contributed by atoms with Gasteiger partial charge in [-0.25, -0.2) is 0 Å². The summed E-state index contributed by atoms with van der Waals surface area (Å²) in [6.45, 7) is 0. The summed E-state index contributed by atoms with van der Waals surface area (Å²) in [6, 6.07) is 15.8. The smallest absolute Gasteiger partial charge is 0.257 e. The molecule has 1 heterocycles. The van der Waals surface area contributed by atoms with Crippen LogP contribution in [0, 0.1) is 11.3 Å². The van der Waals surface area contributed by atoms with Crippen molar-refractivity contribution in [3.63, 3.8) is 0 Å². The predicted octanol–water partition coefficient (Wildman–Crippen LogP) is 2.98. The van der Waals surface area contributed by atoms with Crippen LogP contribution in [0.1, 0.15) is 34.9 Å². The molecule has 0 aromatic heterocycles. The van der Waals surface area contributed by atoms with Crippen molar-refractivity contribution in [2.75, 3.05) is 21.2 Å². The number of rotatable bonds is 3. The van der Waals surface area contributed by atoms with Crippen molar-refractivity contribution in [1.82, 2.24) is 9.80 Å². The number of benzene rings is 2. The summed E-state index contributed by atoms with van der Waals surface area (Å²) >= 11 is 0. The lowest BCUT2D eigenvalue weighted by molar-refractivity contribution is -0.0819. The Morgan fingerprint density at radius 2 is 1.76 bits per heavy atom. The average Bonchev–Trinajstić information content (AvgIpc) is 2.67. The van der Waals surface area contributed by atoms with Gasteiger partial charge in [-0.15, -0.1) is 0 Å². The highest BCUT2D eigenvalue weighted by molar-refractivity contribution is 5.95. The highest BCUT2D eigenvalue weighted by atomic mass is 16.5. The van der Waals surface area contributed by atoms with Crippen LogP contribution in [0.2, 0.25) is 0 Å². The molecular formula is C20H21N3O2. The lowest BCUT2D eigenvalue weighted by Gasteiger charge is -2.46. The molecule has 0 radical (unpaired) electrons. The van der Waals surface area contributed by atoms with E-state index in [-0.39, 0.29) is 6.04 Å². The van der Waals surface area contributed by atoms with Crippen molar-refractivity contribution in [3.8, 4) is 6.07 Å². The van der Waals surface area contributed by atoms with E-state index in [1.54, 1.807) is 36.4 Å². The third-order valence-corrected chi connectivity index (χ3v) is 4.44. The number of ether oxygens (including phenoxy) is 1. The standard InChI is InChI=1S/C20H21N3O2/c1-22(2)18-16-12-8-7-11-15(16)17(13-21)23(20(18)25-3)19(24)14-9-5-4-6-10-14/h4-12,17-18,20H,1-3H3/t17-,18-,20+/m1/s1/i17D. The molecular weight excluding hydrogens is 314 g/mol. The summed E-state index contributed by atoms with van der Waals surface area (Å²) in [5.74, 6) is -0.407. The van der Waals surface area contributed by atoms with E-state index in [9.17, 15) is 10.1 Å². The molecule has 3 rings (SSSR count). The molecule has 0 unspecified atom stereocenters. The molecule has 0 fully saturated rings. The highest BCUT2D eigenvalue weighted by Gasteiger charge is 2.44. The van der Waals surface area contributed by atoms with Crippen LogP contribution in [-0.2, 0) is 4.74 Å². The Hall–Kier alpha value is -2.68. The van der Waals surface area contributed by atoms with Crippen LogP contribution in [0.25, 0.3) is 0 Å². The van der Waals surface area contributed by atoms with Crippen LogP contribution < -0.4 is 0 Å². The van der Waals surface area contributed by atoms with E-state index >= 15 is 0 Å². The highest BCUT2D eigenvalue weighted by Crippen LogP contribution is 2.41. The fraction of sp³-hybridized carbons (Fsp3) is 0.300. The van der Waals surface area contributed by atoms with E-state index in [0.717, 1.165) is 5.56 Å². The molecule has 3 atom stereocenters. The number of nitrogens with zero attached hydrogens (tertiary/aromatic N) is 3. The van der Waals surface area contributed by atoms with E-state index in [1.165, 1.54) is 12.0 Å². The molecule has 128 valence electrons. The Bertz CT molecular complexity index is 850. The maximum absolute atomic E-state index is 13.3. The van der Waals surface area contributed by atoms with Crippen LogP contribution in [0.4, 0.5) is 0 Å². The second-order valence-electron chi connectivity index (χ2n) is 6.12. The van der Waals surface area contributed by atoms with Gasteiger partial charge in [0, 0.05) is 12.7 Å². The SMILES string of the molecule is [2H][C@@]1(C#N)c2ccccc2[C@@H](N(C)C)[C@H](OC)N1C(=O)c1ccccc1. The zero-order valence-electron chi connectivity index (χ0n) is 15.5. The number of carbonyl (C=O) groups is 1. The van der Waals surface area contributed by atoms with Crippen molar-refractivity contribution in [1.29, 1.82) is 5.26 Å². The first-order valence-electron chi connectivity index (χ1n) is 8.54. The van der Waals surface area contributed by atoms with E-state index in [2.05, 4.69) is 0 Å². The summed E-state index contributed by atoms with van der Waals surface area (Å²) in [7, 11) is 5.28. The molecule has 0 spiro atoms. The molecule has 1 aliphatic heterocycles. The van der Waals surface area contributed by atoms with Gasteiger partial charge < -0.3 is 4.74 Å². The Balaban J connectivity index is 2.24. The Morgan fingerprint density at radius 1 is 1.16 bits per heavy atom. The summed E-state index contributed by atoms with van der Waals surface area (Å²) in [5.41, 5.74) is 1.73. The number of carbonyl (C=O) groups excluding carboxylic acids is 1. The second kappa shape index (κ2) is 7.06. The predicted molar refractivity (Wildman–Crippen MR) is 94.6 cm³/mol. The van der Waals surface area contributed by atoms with Crippen LogP contribution in [0.5, 0.6) is 0 Å². The van der Waals surface area contributed by atoms with Gasteiger partial charge in [0.25, 0.3) is 5.91 Å². The third kappa shape index (κ3) is 2.91. The maximum Gasteiger partial charge on any atom is 0.257 e. The van der Waals surface area contributed by atoms with Crippen molar-refractivity contribution in [2.45, 2.75) is 18.3 Å². The first kappa shape index (κ1) is 15.8. The average molecular weight is 336 g/mol. The zero-order chi connectivity index (χ0) is 18.9. The van der Waals surface area contributed by atoms with Gasteiger partial charge in [0.2, 0.25) is 0 Å². The number of likely N-dealkylation sites (N-methyl/N-ethyl adjacent to an activating group) is 1. The molecule has 0 N–H and O–H groups in total. The Kier molecular flexibility index (Phi) is 4.47. The fourth-order valence-corrected chi connectivity index (χ4v) is 3.34. The van der Waals surface area contributed by atoms with Crippen molar-refractivity contribution in [3.05, 3.63) is 71.3 Å². The minimum Gasteiger partial charge on any atom is -0.359 e. The first-order valence-corrected chi connectivity index (χ1v) is 8.04. The Morgan fingerprint density at radius 3 is 2.32 bits per heavy atom. The monoisotopic (exact) mass is 336 g/mol. The van der Waals surface area contributed by atoms with Gasteiger partial charge >= 0.3 is 0 Å². The molecule has 2 aromatic carbocycles. The van der Waals surface area contributed by atoms with Crippen LogP contribution >= 0.6 is 0 Å². The normalized spacial score (nSPS) is 25.9. The van der Waals surface area contributed by atoms with Crippen molar-refractivity contribution in [2.24, 2.45) is 0 Å². The largest absolute Gasteiger partial charge is 0.359 e. The fourth-order valence-electron chi connectivity index (χ4n) is 3.34. The molecule has 0 aliphatic carbocycles. The van der Waals surface area contributed by atoms with Crippen LogP contribution in [0.3, 0.4) is 0 Å². The Labute approximate surface area is 149 Å². The minimum absolute atomic E-state index is 0.296. The third-order valence-electron chi connectivity index (χ3n) is 4.44. The van der Waals surface area contributed by atoms with Gasteiger partial charge in [-0.3, -0.25) is 14.6 Å². The van der Waals surface area contributed by atoms with Gasteiger partial charge in [-0.05, 0) is 37.4 Å². The summed E-state index contributed by atoms with van der Waals surface area (Å²) in [5, 5.41) is 9.90. The summed E-state index contributed by atoms with van der Waals surface area (Å²) < 4.78 is 14.6. The molecule has 0 saturated heterocycles. The van der Waals surface area contributed by atoms with Crippen molar-refractivity contribution < 1.29 is 10.9 Å². The van der Waals surface area contributed by atoms with Gasteiger partial charge in [0.05, 0.1) is 13.5 Å². The van der Waals surface area contributed by atoms with Crippen LogP contribution in [-0.4, -0.2) is 43.1 Å². The number of hydrogen-bond donors (Lipinski definition) is 0. The van der Waals surface area contributed by atoms with E-state index in [1.807, 2.05) is 43.3 Å². The first-order chi connectivity index (χ1) is 12.5. The lowest BCUT2D eigenvalue weighted by atomic mass is 9.87. The van der Waals surface area contributed by atoms with Gasteiger partial charge in [0.1, 0.15) is 6.02 Å². The number of fused-ring (bicyclic) bond motifs is 1. The van der Waals surface area contributed by atoms with Crippen molar-refractivity contribution >= 4 is 5.91 Å². The number of methoxy groups -OCH3 is 1. The number of hydrogen-bond acceptors (Lipinski definition) is 4. The molecule has 5 nitrogen and oxygen atoms in total. The molecule has 25 heavy (non-hydrogen) atoms. The molecule has 0 saturated carbocycles. The maximum atomic E-state index is 13.3. The number of amides is 1. The van der Waals surface area contributed by atoms with E-state index in [4.69, 9.17) is 6.11 Å². The molecule has 0 bridgehead atoms. The van der Waals surface area contributed by atoms with E-state index in [0.29, 0.717) is 11.1 Å². The molecule has 1 aliphatic rings. The van der Waals surface area contributed by atoms with Gasteiger partial charge in [-0.2, -0.15) is 5.26 Å². The van der Waals surface area contributed by atoms with Gasteiger partial charge in [-0.1, -0.05) is 42.5 Å².